The van der Waals surface area contributed by atoms with Crippen LogP contribution < -0.4 is 10.2 Å². The van der Waals surface area contributed by atoms with E-state index in [-0.39, 0.29) is 11.8 Å². The van der Waals surface area contributed by atoms with Gasteiger partial charge in [0, 0.05) is 36.7 Å². The van der Waals surface area contributed by atoms with Gasteiger partial charge in [0.15, 0.2) is 0 Å². The number of aryl methyl sites for hydroxylation is 1. The highest BCUT2D eigenvalue weighted by Gasteiger charge is 2.27. The second kappa shape index (κ2) is 8.21. The molecule has 5 nitrogen and oxygen atoms in total. The van der Waals surface area contributed by atoms with Crippen molar-refractivity contribution in [1.82, 2.24) is 9.97 Å². The Balaban J connectivity index is 1.42. The molecule has 142 valence electrons. The van der Waals surface area contributed by atoms with Crippen LogP contribution in [0.5, 0.6) is 0 Å². The molecule has 0 spiro atoms. The molecule has 2 aromatic carbocycles. The maximum Gasteiger partial charge on any atom is 0.229 e. The zero-order chi connectivity index (χ0) is 19.3. The highest BCUT2D eigenvalue weighted by molar-refractivity contribution is 5.93. The number of amides is 1. The molecule has 1 fully saturated rings. The summed E-state index contributed by atoms with van der Waals surface area (Å²) in [6.07, 6.45) is 5.55. The Morgan fingerprint density at radius 1 is 1.04 bits per heavy atom. The second-order valence-corrected chi connectivity index (χ2v) is 7.28. The monoisotopic (exact) mass is 372 g/mol. The fourth-order valence-corrected chi connectivity index (χ4v) is 3.60. The van der Waals surface area contributed by atoms with Crippen molar-refractivity contribution in [1.29, 1.82) is 0 Å². The molecule has 3 aromatic rings. The Kier molecular flexibility index (Phi) is 5.33. The largest absolute Gasteiger partial charge is 0.340 e. The topological polar surface area (TPSA) is 58.1 Å². The molecule has 0 bridgehead atoms. The molecule has 1 atom stereocenters. The van der Waals surface area contributed by atoms with Crippen LogP contribution >= 0.6 is 0 Å². The lowest BCUT2D eigenvalue weighted by Gasteiger charge is -2.32. The highest BCUT2D eigenvalue weighted by atomic mass is 16.1. The van der Waals surface area contributed by atoms with E-state index in [1.54, 1.807) is 0 Å². The molecule has 0 unspecified atom stereocenters. The smallest absolute Gasteiger partial charge is 0.229 e. The van der Waals surface area contributed by atoms with Crippen molar-refractivity contribution in [3.63, 3.8) is 0 Å². The minimum Gasteiger partial charge on any atom is -0.340 e. The van der Waals surface area contributed by atoms with Gasteiger partial charge < -0.3 is 10.2 Å². The van der Waals surface area contributed by atoms with E-state index in [0.29, 0.717) is 12.5 Å². The van der Waals surface area contributed by atoms with Gasteiger partial charge in [-0.25, -0.2) is 9.97 Å². The SMILES string of the molecule is Cc1cccc(NC(=O)[C@H]2CCCN(c3ncc(-c4ccccc4)cn3)C2)c1. The molecule has 5 heteroatoms. The van der Waals surface area contributed by atoms with E-state index in [4.69, 9.17) is 0 Å². The average Bonchev–Trinajstić information content (AvgIpc) is 2.75. The molecule has 1 aromatic heterocycles. The summed E-state index contributed by atoms with van der Waals surface area (Å²) in [5, 5.41) is 3.05. The predicted octanol–water partition coefficient (Wildman–Crippen LogP) is 4.31. The third-order valence-electron chi connectivity index (χ3n) is 5.11. The molecule has 0 radical (unpaired) electrons. The van der Waals surface area contributed by atoms with E-state index in [1.165, 1.54) is 0 Å². The third kappa shape index (κ3) is 4.19. The molecular weight excluding hydrogens is 348 g/mol. The van der Waals surface area contributed by atoms with Gasteiger partial charge >= 0.3 is 0 Å². The van der Waals surface area contributed by atoms with Crippen LogP contribution in [0.2, 0.25) is 0 Å². The van der Waals surface area contributed by atoms with Crippen molar-refractivity contribution in [2.24, 2.45) is 5.92 Å². The summed E-state index contributed by atoms with van der Waals surface area (Å²) < 4.78 is 0. The minimum atomic E-state index is -0.0633. The fraction of sp³-hybridized carbons (Fsp3) is 0.261. The number of aromatic nitrogens is 2. The number of nitrogens with one attached hydrogen (secondary N) is 1. The molecular formula is C23H24N4O. The van der Waals surface area contributed by atoms with Gasteiger partial charge in [0.25, 0.3) is 0 Å². The van der Waals surface area contributed by atoms with Crippen LogP contribution in [0.3, 0.4) is 0 Å². The Morgan fingerprint density at radius 2 is 1.82 bits per heavy atom. The number of anilines is 2. The van der Waals surface area contributed by atoms with Crippen molar-refractivity contribution >= 4 is 17.5 Å². The summed E-state index contributed by atoms with van der Waals surface area (Å²) >= 11 is 0. The molecule has 0 saturated carbocycles. The van der Waals surface area contributed by atoms with Crippen molar-refractivity contribution in [2.75, 3.05) is 23.3 Å². The number of benzene rings is 2. The van der Waals surface area contributed by atoms with Crippen molar-refractivity contribution < 1.29 is 4.79 Å². The number of hydrogen-bond donors (Lipinski definition) is 1. The first-order valence-electron chi connectivity index (χ1n) is 9.69. The number of hydrogen-bond acceptors (Lipinski definition) is 4. The van der Waals surface area contributed by atoms with Crippen LogP contribution in [-0.2, 0) is 4.79 Å². The highest BCUT2D eigenvalue weighted by Crippen LogP contribution is 2.24. The van der Waals surface area contributed by atoms with Crippen LogP contribution in [0.15, 0.2) is 67.0 Å². The first kappa shape index (κ1) is 18.2. The van der Waals surface area contributed by atoms with Gasteiger partial charge in [0.1, 0.15) is 0 Å². The lowest BCUT2D eigenvalue weighted by atomic mass is 9.97. The Hall–Kier alpha value is -3.21. The third-order valence-corrected chi connectivity index (χ3v) is 5.11. The molecule has 4 rings (SSSR count). The summed E-state index contributed by atoms with van der Waals surface area (Å²) in [5.41, 5.74) is 4.08. The number of rotatable bonds is 4. The van der Waals surface area contributed by atoms with Crippen LogP contribution in [0.25, 0.3) is 11.1 Å². The van der Waals surface area contributed by atoms with Gasteiger partial charge in [-0.05, 0) is 43.0 Å². The number of carbonyl (C=O) groups excluding carboxylic acids is 1. The maximum absolute atomic E-state index is 12.7. The summed E-state index contributed by atoms with van der Waals surface area (Å²) in [7, 11) is 0. The summed E-state index contributed by atoms with van der Waals surface area (Å²) in [4.78, 5) is 23.9. The van der Waals surface area contributed by atoms with Crippen LogP contribution in [-0.4, -0.2) is 29.0 Å². The molecule has 2 heterocycles. The Labute approximate surface area is 165 Å². The van der Waals surface area contributed by atoms with Crippen molar-refractivity contribution in [2.45, 2.75) is 19.8 Å². The average molecular weight is 372 g/mol. The van der Waals surface area contributed by atoms with E-state index in [0.717, 1.165) is 41.8 Å². The summed E-state index contributed by atoms with van der Waals surface area (Å²) in [5.74, 6) is 0.690. The maximum atomic E-state index is 12.7. The molecule has 1 aliphatic heterocycles. The molecule has 1 N–H and O–H groups in total. The molecule has 1 amide bonds. The van der Waals surface area contributed by atoms with Gasteiger partial charge in [-0.2, -0.15) is 0 Å². The van der Waals surface area contributed by atoms with Gasteiger partial charge in [-0.1, -0.05) is 42.5 Å². The second-order valence-electron chi connectivity index (χ2n) is 7.28. The van der Waals surface area contributed by atoms with E-state index < -0.39 is 0 Å². The summed E-state index contributed by atoms with van der Waals surface area (Å²) in [6.45, 7) is 3.54. The van der Waals surface area contributed by atoms with Crippen LogP contribution in [0.1, 0.15) is 18.4 Å². The summed E-state index contributed by atoms with van der Waals surface area (Å²) in [6, 6.07) is 18.0. The van der Waals surface area contributed by atoms with Gasteiger partial charge in [0.2, 0.25) is 11.9 Å². The molecule has 0 aliphatic carbocycles. The zero-order valence-corrected chi connectivity index (χ0v) is 16.0. The number of piperidine rings is 1. The van der Waals surface area contributed by atoms with Crippen LogP contribution in [0, 0.1) is 12.8 Å². The van der Waals surface area contributed by atoms with Crippen molar-refractivity contribution in [3.05, 3.63) is 72.6 Å². The van der Waals surface area contributed by atoms with Gasteiger partial charge in [-0.15, -0.1) is 0 Å². The minimum absolute atomic E-state index is 0.0633. The van der Waals surface area contributed by atoms with Gasteiger partial charge in [0.05, 0.1) is 5.92 Å². The first-order chi connectivity index (χ1) is 13.7. The van der Waals surface area contributed by atoms with Crippen LogP contribution in [0.4, 0.5) is 11.6 Å². The molecule has 1 aliphatic rings. The number of carbonyl (C=O) groups is 1. The lowest BCUT2D eigenvalue weighted by molar-refractivity contribution is -0.120. The van der Waals surface area contributed by atoms with E-state index >= 15 is 0 Å². The number of nitrogens with zero attached hydrogens (tertiary/aromatic N) is 3. The van der Waals surface area contributed by atoms with E-state index in [2.05, 4.69) is 20.2 Å². The lowest BCUT2D eigenvalue weighted by Crippen LogP contribution is -2.41. The fourth-order valence-electron chi connectivity index (χ4n) is 3.60. The van der Waals surface area contributed by atoms with E-state index in [9.17, 15) is 4.79 Å². The normalized spacial score (nSPS) is 16.6. The van der Waals surface area contributed by atoms with Crippen molar-refractivity contribution in [3.8, 4) is 11.1 Å². The van der Waals surface area contributed by atoms with E-state index in [1.807, 2.05) is 73.9 Å². The predicted molar refractivity (Wildman–Crippen MR) is 112 cm³/mol. The Morgan fingerprint density at radius 3 is 2.57 bits per heavy atom. The molecule has 1 saturated heterocycles. The first-order valence-corrected chi connectivity index (χ1v) is 9.69. The van der Waals surface area contributed by atoms with Gasteiger partial charge in [-0.3, -0.25) is 4.79 Å². The molecule has 28 heavy (non-hydrogen) atoms. The standard InChI is InChI=1S/C23H24N4O/c1-17-7-5-11-21(13-17)26-22(28)19-10-6-12-27(16-19)23-24-14-20(15-25-23)18-8-3-2-4-9-18/h2-5,7-9,11,13-15,19H,6,10,12,16H2,1H3,(H,26,28)/t19-/m0/s1. The quantitative estimate of drug-likeness (QED) is 0.741. The Bertz CT molecular complexity index is 940. The zero-order valence-electron chi connectivity index (χ0n) is 16.0.